The zero-order valence-corrected chi connectivity index (χ0v) is 32.7. The average Bonchev–Trinajstić information content (AvgIpc) is 3.72. The molecule has 0 saturated carbocycles. The summed E-state index contributed by atoms with van der Waals surface area (Å²) in [4.78, 5) is 41.1. The van der Waals surface area contributed by atoms with E-state index in [4.69, 9.17) is 13.9 Å². The normalized spacial score (nSPS) is 21.8. The molecule has 2 heterocycles. The Bertz CT molecular complexity index is 2080. The monoisotopic (exact) mass is 743 g/mol. The first kappa shape index (κ1) is 37.5. The van der Waals surface area contributed by atoms with Gasteiger partial charge in [-0.3, -0.25) is 9.59 Å². The van der Waals surface area contributed by atoms with Crippen molar-refractivity contribution in [1.29, 1.82) is 0 Å². The van der Waals surface area contributed by atoms with Gasteiger partial charge in [0.25, 0.3) is 8.32 Å². The van der Waals surface area contributed by atoms with Crippen LogP contribution in [0.2, 0.25) is 5.04 Å². The van der Waals surface area contributed by atoms with E-state index in [1.165, 1.54) is 12.7 Å². The van der Waals surface area contributed by atoms with Gasteiger partial charge >= 0.3 is 6.09 Å². The highest BCUT2D eigenvalue weighted by Crippen LogP contribution is 2.50. The van der Waals surface area contributed by atoms with Crippen molar-refractivity contribution in [2.24, 2.45) is 17.8 Å². The summed E-state index contributed by atoms with van der Waals surface area (Å²) >= 11 is 0. The molecule has 8 nitrogen and oxygen atoms in total. The summed E-state index contributed by atoms with van der Waals surface area (Å²) in [6, 6.07) is 32.5. The number of fused-ring (bicyclic) bond motifs is 4. The maximum Gasteiger partial charge on any atom is 0.423 e. The summed E-state index contributed by atoms with van der Waals surface area (Å²) in [5.41, 5.74) is 4.30. The Balaban J connectivity index is 1.27. The first-order valence-corrected chi connectivity index (χ1v) is 20.8. The molecule has 280 valence electrons. The third-order valence-corrected chi connectivity index (χ3v) is 16.7. The van der Waals surface area contributed by atoms with E-state index in [0.717, 1.165) is 50.7 Å². The number of allylic oxidation sites excluding steroid dienone is 1. The van der Waals surface area contributed by atoms with Gasteiger partial charge in [-0.2, -0.15) is 4.90 Å². The van der Waals surface area contributed by atoms with Gasteiger partial charge in [0.15, 0.2) is 0 Å². The maximum absolute atomic E-state index is 13.8. The lowest BCUT2D eigenvalue weighted by Crippen LogP contribution is -2.66. The second-order valence-electron chi connectivity index (χ2n) is 15.7. The van der Waals surface area contributed by atoms with E-state index in [1.807, 2.05) is 42.5 Å². The number of nitrogens with zero attached hydrogens (tertiary/aromatic N) is 1. The molecule has 0 unspecified atom stereocenters. The molecule has 0 radical (unpaired) electrons. The molecule has 1 aliphatic carbocycles. The number of amides is 3. The molecular weight excluding hydrogens is 695 g/mol. The highest BCUT2D eigenvalue weighted by atomic mass is 28.4. The minimum Gasteiger partial charge on any atom is -0.507 e. The zero-order chi connectivity index (χ0) is 38.2. The summed E-state index contributed by atoms with van der Waals surface area (Å²) in [5, 5.41) is 14.3. The molecule has 3 amide bonds. The Kier molecular flexibility index (Phi) is 10.5. The summed E-state index contributed by atoms with van der Waals surface area (Å²) in [7, 11) is -1.76. The number of hydrogen-bond donors (Lipinski definition) is 1. The number of carbonyl (C=O) groups is 3. The van der Waals surface area contributed by atoms with Crippen molar-refractivity contribution in [2.75, 3.05) is 20.3 Å². The molecule has 2 fully saturated rings. The number of phenolic OH excluding ortho intramolecular Hbond substituents is 1. The number of benzene rings is 4. The van der Waals surface area contributed by atoms with Crippen molar-refractivity contribution in [1.82, 2.24) is 4.90 Å². The number of aromatic hydroxyl groups is 1. The van der Waals surface area contributed by atoms with Crippen molar-refractivity contribution < 1.29 is 33.4 Å². The van der Waals surface area contributed by atoms with Crippen LogP contribution in [0.3, 0.4) is 0 Å². The van der Waals surface area contributed by atoms with Crippen LogP contribution in [0, 0.1) is 17.8 Å². The van der Waals surface area contributed by atoms with Crippen molar-refractivity contribution in [3.63, 3.8) is 0 Å². The molecule has 1 N–H and O–H groups in total. The number of carbonyl (C=O) groups excluding carboxylic acids is 3. The van der Waals surface area contributed by atoms with Crippen LogP contribution in [0.25, 0.3) is 16.8 Å². The molecular formula is C45H49NO7Si. The molecule has 0 aromatic heterocycles. The second-order valence-corrected chi connectivity index (χ2v) is 20.0. The number of ether oxygens (including phenoxy) is 2. The van der Waals surface area contributed by atoms with Gasteiger partial charge in [-0.05, 0) is 69.3 Å². The van der Waals surface area contributed by atoms with Gasteiger partial charge in [0, 0.05) is 11.3 Å². The van der Waals surface area contributed by atoms with Gasteiger partial charge in [-0.1, -0.05) is 130 Å². The molecule has 0 bridgehead atoms. The predicted octanol–water partition coefficient (Wildman–Crippen LogP) is 7.78. The molecule has 3 aliphatic rings. The quantitative estimate of drug-likeness (QED) is 0.101. The lowest BCUT2D eigenvalue weighted by Gasteiger charge is -2.44. The Hall–Kier alpha value is -4.83. The Morgan fingerprint density at radius 3 is 2.13 bits per heavy atom. The van der Waals surface area contributed by atoms with Crippen LogP contribution in [0.1, 0.15) is 58.9 Å². The predicted molar refractivity (Wildman–Crippen MR) is 213 cm³/mol. The van der Waals surface area contributed by atoms with E-state index in [1.54, 1.807) is 6.07 Å². The van der Waals surface area contributed by atoms with Crippen LogP contribution in [-0.4, -0.2) is 62.7 Å². The van der Waals surface area contributed by atoms with Crippen LogP contribution in [0.5, 0.6) is 5.75 Å². The summed E-state index contributed by atoms with van der Waals surface area (Å²) in [6.45, 7) is 9.42. The van der Waals surface area contributed by atoms with E-state index in [2.05, 4.69) is 82.3 Å². The smallest absolute Gasteiger partial charge is 0.423 e. The number of likely N-dealkylation sites (tertiary alicyclic amines) is 1. The highest BCUT2D eigenvalue weighted by Gasteiger charge is 2.59. The van der Waals surface area contributed by atoms with Crippen LogP contribution in [0.15, 0.2) is 114 Å². The van der Waals surface area contributed by atoms with Crippen LogP contribution in [-0.2, 0) is 23.5 Å². The van der Waals surface area contributed by atoms with Crippen LogP contribution < -0.4 is 10.4 Å². The first-order chi connectivity index (χ1) is 26.0. The SMILES string of the molecule is CC/C(=C\c1ccc(O)c2ccccc12)CC[C@H]1OC[C@H]2C1=C(CO[Si](c1ccccc1)(c1ccccc1)C(C)(C)C)C[C@H]1C(=O)N(C(=O)OC)C(=O)[C@H]12. The lowest BCUT2D eigenvalue weighted by molar-refractivity contribution is -0.137. The Labute approximate surface area is 318 Å². The van der Waals surface area contributed by atoms with Crippen molar-refractivity contribution >= 4 is 53.4 Å². The lowest BCUT2D eigenvalue weighted by atomic mass is 9.69. The molecule has 4 aromatic carbocycles. The summed E-state index contributed by atoms with van der Waals surface area (Å²) in [5.74, 6) is -2.51. The first-order valence-electron chi connectivity index (χ1n) is 18.9. The summed E-state index contributed by atoms with van der Waals surface area (Å²) in [6.07, 6.45) is 3.56. The number of rotatable bonds is 10. The Morgan fingerprint density at radius 1 is 0.889 bits per heavy atom. The van der Waals surface area contributed by atoms with Gasteiger partial charge in [0.1, 0.15) is 5.75 Å². The minimum absolute atomic E-state index is 0.257. The van der Waals surface area contributed by atoms with Gasteiger partial charge in [0.2, 0.25) is 11.8 Å². The van der Waals surface area contributed by atoms with Crippen molar-refractivity contribution in [2.45, 2.75) is 64.5 Å². The molecule has 54 heavy (non-hydrogen) atoms. The van der Waals surface area contributed by atoms with Crippen molar-refractivity contribution in [3.05, 3.63) is 119 Å². The van der Waals surface area contributed by atoms with Gasteiger partial charge < -0.3 is 19.0 Å². The minimum atomic E-state index is -2.95. The zero-order valence-electron chi connectivity index (χ0n) is 31.7. The maximum atomic E-state index is 13.8. The number of imide groups is 3. The van der Waals surface area contributed by atoms with Gasteiger partial charge in [-0.25, -0.2) is 4.79 Å². The number of hydrogen-bond acceptors (Lipinski definition) is 7. The van der Waals surface area contributed by atoms with Gasteiger partial charge in [-0.15, -0.1) is 0 Å². The average molecular weight is 744 g/mol. The second kappa shape index (κ2) is 15.1. The molecule has 2 saturated heterocycles. The Morgan fingerprint density at radius 2 is 1.52 bits per heavy atom. The number of phenols is 1. The van der Waals surface area contributed by atoms with E-state index >= 15 is 0 Å². The fraction of sp³-hybridized carbons (Fsp3) is 0.356. The fourth-order valence-corrected chi connectivity index (χ4v) is 13.7. The molecule has 7 rings (SSSR count). The van der Waals surface area contributed by atoms with Crippen molar-refractivity contribution in [3.8, 4) is 5.75 Å². The molecule has 0 spiro atoms. The van der Waals surface area contributed by atoms with E-state index in [0.29, 0.717) is 17.7 Å². The highest BCUT2D eigenvalue weighted by molar-refractivity contribution is 6.99. The van der Waals surface area contributed by atoms with E-state index in [-0.39, 0.29) is 36.0 Å². The largest absolute Gasteiger partial charge is 0.507 e. The fourth-order valence-electron chi connectivity index (χ4n) is 9.15. The number of methoxy groups -OCH3 is 1. The van der Waals surface area contributed by atoms with Crippen LogP contribution in [0.4, 0.5) is 4.79 Å². The summed E-state index contributed by atoms with van der Waals surface area (Å²) < 4.78 is 18.9. The van der Waals surface area contributed by atoms with E-state index in [9.17, 15) is 19.5 Å². The molecule has 2 aliphatic heterocycles. The third-order valence-electron chi connectivity index (χ3n) is 11.7. The molecule has 4 atom stereocenters. The third kappa shape index (κ3) is 6.52. The molecule has 9 heteroatoms. The topological polar surface area (TPSA) is 102 Å². The van der Waals surface area contributed by atoms with Gasteiger partial charge in [0.05, 0.1) is 38.3 Å². The van der Waals surface area contributed by atoms with Crippen LogP contribution >= 0.6 is 0 Å². The van der Waals surface area contributed by atoms with E-state index < -0.39 is 38.1 Å². The standard InChI is InChI=1S/C45H49NO7Si/c1-6-29(25-30-22-23-38(47)35-20-14-13-19-34(30)35)21-24-39-40-31(26-36-41(37(40)28-52-39)43(49)46(42(36)48)44(50)51-5)27-53-54(45(2,3)4,32-15-9-7-10-16-32)33-17-11-8-12-18-33/h7-20,22-23,25,36-37,39,41,47H,6,21,24,26-28H2,1-5H3/b29-25+/t36-,37+,39-,41-/m1/s1. The molecule has 4 aromatic rings.